The summed E-state index contributed by atoms with van der Waals surface area (Å²) in [7, 11) is 1.89. The van der Waals surface area contributed by atoms with Crippen LogP contribution in [-0.2, 0) is 11.8 Å². The van der Waals surface area contributed by atoms with E-state index in [1.807, 2.05) is 54.9 Å². The first-order chi connectivity index (χ1) is 12.0. The van der Waals surface area contributed by atoms with Gasteiger partial charge in [-0.05, 0) is 43.0 Å². The molecule has 4 rings (SSSR count). The van der Waals surface area contributed by atoms with E-state index in [-0.39, 0.29) is 11.1 Å². The predicted octanol–water partition coefficient (Wildman–Crippen LogP) is 4.12. The molecular weight excluding hydrogens is 334 g/mol. The van der Waals surface area contributed by atoms with Gasteiger partial charge in [0.2, 0.25) is 0 Å². The van der Waals surface area contributed by atoms with Crippen molar-refractivity contribution in [2.24, 2.45) is 7.05 Å². The lowest BCUT2D eigenvalue weighted by Gasteiger charge is -2.12. The second-order valence-electron chi connectivity index (χ2n) is 5.87. The van der Waals surface area contributed by atoms with Gasteiger partial charge in [0, 0.05) is 13.1 Å². The molecule has 0 radical (unpaired) electrons. The van der Waals surface area contributed by atoms with E-state index in [1.165, 1.54) is 4.90 Å². The molecule has 0 spiro atoms. The molecule has 1 aliphatic heterocycles. The fourth-order valence-electron chi connectivity index (χ4n) is 2.79. The van der Waals surface area contributed by atoms with Crippen LogP contribution in [0.25, 0.3) is 17.1 Å². The number of nitrogens with zero attached hydrogens (tertiary/aromatic N) is 3. The van der Waals surface area contributed by atoms with Crippen molar-refractivity contribution >= 4 is 45.7 Å². The maximum absolute atomic E-state index is 12.7. The lowest BCUT2D eigenvalue weighted by Crippen LogP contribution is -2.27. The van der Waals surface area contributed by atoms with Gasteiger partial charge in [-0.15, -0.1) is 0 Å². The third-order valence-corrected chi connectivity index (χ3v) is 5.04. The zero-order valence-corrected chi connectivity index (χ0v) is 14.6. The highest BCUT2D eigenvalue weighted by molar-refractivity contribution is 8.19. The number of rotatable bonds is 2. The van der Waals surface area contributed by atoms with Crippen molar-refractivity contribution in [1.29, 1.82) is 0 Å². The fourth-order valence-corrected chi connectivity index (χ4v) is 3.61. The van der Waals surface area contributed by atoms with Crippen LogP contribution >= 0.6 is 11.8 Å². The number of carbonyl (C=O) groups is 2. The number of aromatic nitrogens is 2. The Labute approximate surface area is 149 Å². The number of fused-ring (bicyclic) bond motifs is 1. The summed E-state index contributed by atoms with van der Waals surface area (Å²) >= 11 is 0.939. The topological polar surface area (TPSA) is 55.2 Å². The monoisotopic (exact) mass is 349 g/mol. The molecule has 0 saturated carbocycles. The van der Waals surface area contributed by atoms with Crippen molar-refractivity contribution in [1.82, 2.24) is 9.55 Å². The van der Waals surface area contributed by atoms with Crippen molar-refractivity contribution in [3.8, 4) is 0 Å². The number of amides is 2. The molecule has 0 unspecified atom stereocenters. The van der Waals surface area contributed by atoms with Gasteiger partial charge in [-0.1, -0.05) is 29.8 Å². The number of imide groups is 1. The Hall–Kier alpha value is -2.86. The summed E-state index contributed by atoms with van der Waals surface area (Å²) in [5.41, 5.74) is 3.49. The molecule has 25 heavy (non-hydrogen) atoms. The van der Waals surface area contributed by atoms with Gasteiger partial charge >= 0.3 is 0 Å². The molecule has 0 N–H and O–H groups in total. The molecular formula is C19H15N3O2S. The van der Waals surface area contributed by atoms with Crippen LogP contribution in [-0.4, -0.2) is 20.7 Å². The lowest BCUT2D eigenvalue weighted by molar-refractivity contribution is -0.113. The Kier molecular flexibility index (Phi) is 3.69. The highest BCUT2D eigenvalue weighted by Gasteiger charge is 2.36. The molecule has 2 heterocycles. The number of thioether (sulfide) groups is 1. The first-order valence-corrected chi connectivity index (χ1v) is 8.62. The molecule has 2 amide bonds. The Morgan fingerprint density at radius 2 is 1.76 bits per heavy atom. The molecule has 0 bridgehead atoms. The number of imidazole rings is 1. The van der Waals surface area contributed by atoms with Gasteiger partial charge in [-0.25, -0.2) is 9.88 Å². The third kappa shape index (κ3) is 2.64. The van der Waals surface area contributed by atoms with E-state index >= 15 is 0 Å². The molecule has 124 valence electrons. The first-order valence-electron chi connectivity index (χ1n) is 7.81. The average molecular weight is 349 g/mol. The van der Waals surface area contributed by atoms with Gasteiger partial charge in [0.1, 0.15) is 5.82 Å². The van der Waals surface area contributed by atoms with Crippen LogP contribution in [0.15, 0.2) is 53.4 Å². The van der Waals surface area contributed by atoms with E-state index in [0.717, 1.165) is 28.4 Å². The molecule has 0 aliphatic carbocycles. The van der Waals surface area contributed by atoms with Crippen molar-refractivity contribution < 1.29 is 9.59 Å². The smallest absolute Gasteiger partial charge is 0.298 e. The molecule has 0 atom stereocenters. The third-order valence-electron chi connectivity index (χ3n) is 4.17. The quantitative estimate of drug-likeness (QED) is 0.653. The predicted molar refractivity (Wildman–Crippen MR) is 100 cm³/mol. The van der Waals surface area contributed by atoms with E-state index in [1.54, 1.807) is 18.2 Å². The molecule has 3 aromatic rings. The number of carbonyl (C=O) groups excluding carboxylic acids is 2. The molecule has 1 aliphatic rings. The minimum atomic E-state index is -0.314. The summed E-state index contributed by atoms with van der Waals surface area (Å²) in [5.74, 6) is 0.335. The van der Waals surface area contributed by atoms with Gasteiger partial charge in [-0.2, -0.15) is 0 Å². The molecule has 1 fully saturated rings. The minimum Gasteiger partial charge on any atom is -0.328 e. The number of anilines is 1. The van der Waals surface area contributed by atoms with E-state index in [4.69, 9.17) is 0 Å². The second-order valence-corrected chi connectivity index (χ2v) is 6.86. The Morgan fingerprint density at radius 3 is 2.48 bits per heavy atom. The highest BCUT2D eigenvalue weighted by atomic mass is 32.2. The van der Waals surface area contributed by atoms with E-state index in [0.29, 0.717) is 16.4 Å². The SMILES string of the molecule is Cc1ccc(N2C(=O)S/C(=C/c3nc4ccccc4n3C)C2=O)cc1. The summed E-state index contributed by atoms with van der Waals surface area (Å²) in [6.45, 7) is 1.96. The second kappa shape index (κ2) is 5.89. The molecule has 1 saturated heterocycles. The van der Waals surface area contributed by atoms with E-state index < -0.39 is 0 Å². The number of aryl methyl sites for hydroxylation is 2. The highest BCUT2D eigenvalue weighted by Crippen LogP contribution is 2.35. The van der Waals surface area contributed by atoms with Gasteiger partial charge in [-0.3, -0.25) is 9.59 Å². The molecule has 6 heteroatoms. The number of hydrogen-bond acceptors (Lipinski definition) is 4. The van der Waals surface area contributed by atoms with E-state index in [9.17, 15) is 9.59 Å². The fraction of sp³-hybridized carbons (Fsp3) is 0.105. The zero-order chi connectivity index (χ0) is 17.6. The van der Waals surface area contributed by atoms with Crippen LogP contribution in [0.5, 0.6) is 0 Å². The maximum Gasteiger partial charge on any atom is 0.298 e. The van der Waals surface area contributed by atoms with Crippen LogP contribution in [0, 0.1) is 6.92 Å². The normalized spacial score (nSPS) is 16.4. The summed E-state index contributed by atoms with van der Waals surface area (Å²) < 4.78 is 1.91. The van der Waals surface area contributed by atoms with Crippen LogP contribution in [0.3, 0.4) is 0 Å². The van der Waals surface area contributed by atoms with Gasteiger partial charge < -0.3 is 4.57 Å². The van der Waals surface area contributed by atoms with Crippen molar-refractivity contribution in [2.45, 2.75) is 6.92 Å². The number of hydrogen-bond donors (Lipinski definition) is 0. The number of para-hydroxylation sites is 2. The van der Waals surface area contributed by atoms with Crippen LogP contribution in [0.2, 0.25) is 0 Å². The number of benzene rings is 2. The van der Waals surface area contributed by atoms with E-state index in [2.05, 4.69) is 4.98 Å². The standard InChI is InChI=1S/C19H15N3O2S/c1-12-7-9-13(10-8-12)22-18(23)16(25-19(22)24)11-17-20-14-5-3-4-6-15(14)21(17)2/h3-11H,1-2H3/b16-11+. The van der Waals surface area contributed by atoms with Crippen LogP contribution in [0.1, 0.15) is 11.4 Å². The Morgan fingerprint density at radius 1 is 1.04 bits per heavy atom. The first kappa shape index (κ1) is 15.7. The van der Waals surface area contributed by atoms with Gasteiger partial charge in [0.15, 0.2) is 0 Å². The summed E-state index contributed by atoms with van der Waals surface area (Å²) in [6.07, 6.45) is 1.68. The molecule has 1 aromatic heterocycles. The maximum atomic E-state index is 12.7. The molecule has 5 nitrogen and oxygen atoms in total. The largest absolute Gasteiger partial charge is 0.328 e. The lowest BCUT2D eigenvalue weighted by atomic mass is 10.2. The van der Waals surface area contributed by atoms with Crippen molar-refractivity contribution in [3.05, 3.63) is 64.8 Å². The van der Waals surface area contributed by atoms with Crippen molar-refractivity contribution in [3.63, 3.8) is 0 Å². The summed E-state index contributed by atoms with van der Waals surface area (Å²) in [4.78, 5) is 31.2. The van der Waals surface area contributed by atoms with Gasteiger partial charge in [0.25, 0.3) is 11.1 Å². The van der Waals surface area contributed by atoms with Crippen molar-refractivity contribution in [2.75, 3.05) is 4.90 Å². The van der Waals surface area contributed by atoms with Gasteiger partial charge in [0.05, 0.1) is 21.6 Å². The zero-order valence-electron chi connectivity index (χ0n) is 13.8. The summed E-state index contributed by atoms with van der Waals surface area (Å²) in [6, 6.07) is 15.1. The average Bonchev–Trinajstić information content (AvgIpc) is 3.06. The summed E-state index contributed by atoms with van der Waals surface area (Å²) in [5, 5.41) is -0.293. The Balaban J connectivity index is 1.72. The van der Waals surface area contributed by atoms with Crippen LogP contribution < -0.4 is 4.90 Å². The van der Waals surface area contributed by atoms with Crippen LogP contribution in [0.4, 0.5) is 10.5 Å². The minimum absolute atomic E-state index is 0.293. The molecule has 2 aromatic carbocycles. The Bertz CT molecular complexity index is 1030.